The smallest absolute Gasteiger partial charge is 0.243 e. The van der Waals surface area contributed by atoms with Gasteiger partial charge in [-0.1, -0.05) is 30.3 Å². The first kappa shape index (κ1) is 24.2. The van der Waals surface area contributed by atoms with Crippen LogP contribution in [0.5, 0.6) is 5.75 Å². The number of rotatable bonds is 7. The molecule has 0 radical (unpaired) electrons. The fraction of sp³-hybridized carbons (Fsp3) is 0.440. The Balaban J connectivity index is 1.31. The highest BCUT2D eigenvalue weighted by molar-refractivity contribution is 7.89. The average Bonchev–Trinajstić information content (AvgIpc) is 3.39. The summed E-state index contributed by atoms with van der Waals surface area (Å²) in [4.78, 5) is 29.6. The van der Waals surface area contributed by atoms with Gasteiger partial charge in [0, 0.05) is 39.1 Å². The lowest BCUT2D eigenvalue weighted by atomic mass is 10.1. The molecule has 8 nitrogen and oxygen atoms in total. The Labute approximate surface area is 201 Å². The van der Waals surface area contributed by atoms with E-state index < -0.39 is 16.1 Å². The SMILES string of the molecule is COc1ccc(CCC(=O)N2CCN(C(=O)C3CCCN3S(=O)(=O)c3ccccc3)CC2)cc1. The van der Waals surface area contributed by atoms with Crippen LogP contribution in [0, 0.1) is 0 Å². The van der Waals surface area contributed by atoms with Crippen molar-refractivity contribution in [1.82, 2.24) is 14.1 Å². The molecule has 1 atom stereocenters. The number of piperazine rings is 1. The average molecular weight is 486 g/mol. The van der Waals surface area contributed by atoms with Crippen LogP contribution in [-0.2, 0) is 26.0 Å². The molecule has 34 heavy (non-hydrogen) atoms. The van der Waals surface area contributed by atoms with Crippen molar-refractivity contribution in [2.24, 2.45) is 0 Å². The Hall–Kier alpha value is -2.91. The molecule has 2 fully saturated rings. The van der Waals surface area contributed by atoms with E-state index in [2.05, 4.69) is 0 Å². The van der Waals surface area contributed by atoms with Crippen molar-refractivity contribution in [2.75, 3.05) is 39.8 Å². The van der Waals surface area contributed by atoms with Crippen molar-refractivity contribution in [2.45, 2.75) is 36.6 Å². The number of ether oxygens (including phenoxy) is 1. The van der Waals surface area contributed by atoms with Crippen LogP contribution < -0.4 is 4.74 Å². The van der Waals surface area contributed by atoms with E-state index in [0.717, 1.165) is 11.3 Å². The van der Waals surface area contributed by atoms with Crippen LogP contribution >= 0.6 is 0 Å². The van der Waals surface area contributed by atoms with Crippen LogP contribution in [-0.4, -0.2) is 80.2 Å². The predicted molar refractivity (Wildman–Crippen MR) is 128 cm³/mol. The van der Waals surface area contributed by atoms with Crippen molar-refractivity contribution in [3.63, 3.8) is 0 Å². The zero-order valence-electron chi connectivity index (χ0n) is 19.4. The number of methoxy groups -OCH3 is 1. The van der Waals surface area contributed by atoms with Crippen LogP contribution in [0.1, 0.15) is 24.8 Å². The lowest BCUT2D eigenvalue weighted by Crippen LogP contribution is -2.55. The molecule has 2 aliphatic rings. The number of aryl methyl sites for hydroxylation is 1. The normalized spacial score (nSPS) is 19.3. The highest BCUT2D eigenvalue weighted by Gasteiger charge is 2.41. The molecule has 0 aliphatic carbocycles. The molecule has 0 saturated carbocycles. The zero-order chi connectivity index (χ0) is 24.1. The van der Waals surface area contributed by atoms with Gasteiger partial charge in [-0.15, -0.1) is 0 Å². The second kappa shape index (κ2) is 10.6. The maximum Gasteiger partial charge on any atom is 0.243 e. The topological polar surface area (TPSA) is 87.2 Å². The van der Waals surface area contributed by atoms with E-state index in [4.69, 9.17) is 4.74 Å². The molecule has 2 heterocycles. The van der Waals surface area contributed by atoms with E-state index in [9.17, 15) is 18.0 Å². The highest BCUT2D eigenvalue weighted by Crippen LogP contribution is 2.27. The van der Waals surface area contributed by atoms with Crippen LogP contribution in [0.2, 0.25) is 0 Å². The minimum absolute atomic E-state index is 0.0667. The maximum absolute atomic E-state index is 13.2. The van der Waals surface area contributed by atoms with E-state index in [1.807, 2.05) is 24.3 Å². The van der Waals surface area contributed by atoms with Gasteiger partial charge in [0.05, 0.1) is 12.0 Å². The molecule has 2 amide bonds. The summed E-state index contributed by atoms with van der Waals surface area (Å²) in [5.74, 6) is 0.688. The first-order valence-electron chi connectivity index (χ1n) is 11.7. The number of carbonyl (C=O) groups excluding carboxylic acids is 2. The molecular formula is C25H31N3O5S. The van der Waals surface area contributed by atoms with Crippen LogP contribution in [0.15, 0.2) is 59.5 Å². The molecule has 2 saturated heterocycles. The maximum atomic E-state index is 13.2. The van der Waals surface area contributed by atoms with Gasteiger partial charge in [0.25, 0.3) is 0 Å². The van der Waals surface area contributed by atoms with E-state index in [1.165, 1.54) is 4.31 Å². The Morgan fingerprint density at radius 3 is 2.21 bits per heavy atom. The minimum Gasteiger partial charge on any atom is -0.497 e. The van der Waals surface area contributed by atoms with Gasteiger partial charge < -0.3 is 14.5 Å². The first-order chi connectivity index (χ1) is 16.4. The lowest BCUT2D eigenvalue weighted by molar-refractivity contribution is -0.141. The van der Waals surface area contributed by atoms with E-state index in [1.54, 1.807) is 47.2 Å². The van der Waals surface area contributed by atoms with Gasteiger partial charge in [0.15, 0.2) is 0 Å². The van der Waals surface area contributed by atoms with Crippen molar-refractivity contribution in [3.8, 4) is 5.75 Å². The third kappa shape index (κ3) is 5.26. The van der Waals surface area contributed by atoms with E-state index in [0.29, 0.717) is 58.4 Å². The molecule has 0 N–H and O–H groups in total. The number of carbonyl (C=O) groups is 2. The summed E-state index contributed by atoms with van der Waals surface area (Å²) in [5, 5.41) is 0. The Bertz CT molecular complexity index is 1100. The predicted octanol–water partition coefficient (Wildman–Crippen LogP) is 2.15. The van der Waals surface area contributed by atoms with Gasteiger partial charge in [-0.25, -0.2) is 8.42 Å². The van der Waals surface area contributed by atoms with Gasteiger partial charge in [-0.2, -0.15) is 4.31 Å². The second-order valence-corrected chi connectivity index (χ2v) is 10.5. The molecular weight excluding hydrogens is 454 g/mol. The number of hydrogen-bond donors (Lipinski definition) is 0. The standard InChI is InChI=1S/C25H31N3O5S/c1-33-21-12-9-20(10-13-21)11-14-24(29)26-16-18-27(19-17-26)25(30)23-8-5-15-28(23)34(31,32)22-6-3-2-4-7-22/h2-4,6-7,9-10,12-13,23H,5,8,11,14-19H2,1H3. The summed E-state index contributed by atoms with van der Waals surface area (Å²) in [6, 6.07) is 15.3. The summed E-state index contributed by atoms with van der Waals surface area (Å²) in [7, 11) is -2.10. The fourth-order valence-electron chi connectivity index (χ4n) is 4.59. The summed E-state index contributed by atoms with van der Waals surface area (Å²) >= 11 is 0. The van der Waals surface area contributed by atoms with Gasteiger partial charge in [0.2, 0.25) is 21.8 Å². The van der Waals surface area contributed by atoms with Crippen molar-refractivity contribution in [1.29, 1.82) is 0 Å². The quantitative estimate of drug-likeness (QED) is 0.600. The number of sulfonamides is 1. The van der Waals surface area contributed by atoms with Crippen LogP contribution in [0.3, 0.4) is 0 Å². The van der Waals surface area contributed by atoms with Crippen molar-refractivity contribution >= 4 is 21.8 Å². The Morgan fingerprint density at radius 2 is 1.56 bits per heavy atom. The van der Waals surface area contributed by atoms with Gasteiger partial charge in [0.1, 0.15) is 11.8 Å². The third-order valence-electron chi connectivity index (χ3n) is 6.57. The van der Waals surface area contributed by atoms with E-state index in [-0.39, 0.29) is 16.7 Å². The molecule has 9 heteroatoms. The summed E-state index contributed by atoms with van der Waals surface area (Å²) in [6.07, 6.45) is 2.24. The molecule has 2 aromatic rings. The number of benzene rings is 2. The van der Waals surface area contributed by atoms with Crippen molar-refractivity contribution in [3.05, 3.63) is 60.2 Å². The van der Waals surface area contributed by atoms with Crippen LogP contribution in [0.4, 0.5) is 0 Å². The van der Waals surface area contributed by atoms with E-state index >= 15 is 0 Å². The molecule has 0 spiro atoms. The number of amides is 2. The molecule has 0 bridgehead atoms. The summed E-state index contributed by atoms with van der Waals surface area (Å²) in [6.45, 7) is 2.11. The fourth-order valence-corrected chi connectivity index (χ4v) is 6.26. The Kier molecular flexibility index (Phi) is 7.53. The third-order valence-corrected chi connectivity index (χ3v) is 8.49. The monoisotopic (exact) mass is 485 g/mol. The van der Waals surface area contributed by atoms with Crippen LogP contribution in [0.25, 0.3) is 0 Å². The van der Waals surface area contributed by atoms with Gasteiger partial charge >= 0.3 is 0 Å². The largest absolute Gasteiger partial charge is 0.497 e. The van der Waals surface area contributed by atoms with Gasteiger partial charge in [-0.05, 0) is 49.1 Å². The summed E-state index contributed by atoms with van der Waals surface area (Å²) < 4.78 is 32.7. The zero-order valence-corrected chi connectivity index (χ0v) is 20.2. The molecule has 2 aromatic carbocycles. The molecule has 2 aliphatic heterocycles. The Morgan fingerprint density at radius 1 is 0.912 bits per heavy atom. The summed E-state index contributed by atoms with van der Waals surface area (Å²) in [5.41, 5.74) is 1.07. The molecule has 0 aromatic heterocycles. The molecule has 4 rings (SSSR count). The number of nitrogens with zero attached hydrogens (tertiary/aromatic N) is 3. The lowest BCUT2D eigenvalue weighted by Gasteiger charge is -2.37. The number of hydrogen-bond acceptors (Lipinski definition) is 5. The second-order valence-electron chi connectivity index (χ2n) is 8.64. The molecule has 182 valence electrons. The minimum atomic E-state index is -3.72. The molecule has 1 unspecified atom stereocenters. The first-order valence-corrected chi connectivity index (χ1v) is 13.1. The highest BCUT2D eigenvalue weighted by atomic mass is 32.2. The van der Waals surface area contributed by atoms with Gasteiger partial charge in [-0.3, -0.25) is 9.59 Å². The van der Waals surface area contributed by atoms with Crippen molar-refractivity contribution < 1.29 is 22.7 Å².